The maximum absolute atomic E-state index is 15.6. The predicted octanol–water partition coefficient (Wildman–Crippen LogP) is 5.60. The Balaban J connectivity index is 2.22. The molecule has 1 aromatic carbocycles. The third-order valence-electron chi connectivity index (χ3n) is 5.40. The van der Waals surface area contributed by atoms with E-state index >= 15 is 8.63 Å². The maximum atomic E-state index is 15.6. The number of halogens is 3. The Bertz CT molecular complexity index is 1070. The van der Waals surface area contributed by atoms with E-state index in [0.29, 0.717) is 22.8 Å². The molecule has 0 unspecified atom stereocenters. The summed E-state index contributed by atoms with van der Waals surface area (Å²) in [4.78, 5) is 0. The highest BCUT2D eigenvalue weighted by Crippen LogP contribution is 2.45. The highest BCUT2D eigenvalue weighted by molar-refractivity contribution is 9.10. The first-order chi connectivity index (χ1) is 12.1. The summed E-state index contributed by atoms with van der Waals surface area (Å²) in [5, 5.41) is 0. The summed E-state index contributed by atoms with van der Waals surface area (Å²) < 4.78 is 34.6. The van der Waals surface area contributed by atoms with Crippen molar-refractivity contribution in [2.75, 3.05) is 0 Å². The van der Waals surface area contributed by atoms with E-state index in [1.807, 2.05) is 51.1 Å². The minimum Gasteiger partial charge on any atom is -0.393 e. The van der Waals surface area contributed by atoms with Crippen LogP contribution < -0.4 is 0 Å². The van der Waals surface area contributed by atoms with Gasteiger partial charge in [0.15, 0.2) is 5.70 Å². The first-order valence-corrected chi connectivity index (χ1v) is 9.47. The zero-order valence-electron chi connectivity index (χ0n) is 15.5. The Morgan fingerprint density at radius 1 is 1.00 bits per heavy atom. The largest absolute Gasteiger partial charge is 0.737 e. The molecule has 0 atom stereocenters. The first-order valence-electron chi connectivity index (χ1n) is 8.68. The van der Waals surface area contributed by atoms with E-state index in [0.717, 1.165) is 32.3 Å². The van der Waals surface area contributed by atoms with Crippen LogP contribution in [0.5, 0.6) is 0 Å². The molecule has 0 aliphatic carbocycles. The molecular weight excluding hydrogens is 397 g/mol. The van der Waals surface area contributed by atoms with Crippen molar-refractivity contribution in [1.82, 2.24) is 4.48 Å². The van der Waals surface area contributed by atoms with Gasteiger partial charge in [-0.1, -0.05) is 22.0 Å². The van der Waals surface area contributed by atoms with E-state index < -0.39 is 6.97 Å². The van der Waals surface area contributed by atoms with Crippen LogP contribution in [-0.4, -0.2) is 21.6 Å². The fraction of sp³-hybridized carbons (Fsp3) is 0.250. The van der Waals surface area contributed by atoms with Crippen molar-refractivity contribution in [3.8, 4) is 0 Å². The van der Waals surface area contributed by atoms with E-state index in [2.05, 4.69) is 15.9 Å². The molecule has 1 aromatic heterocycles. The maximum Gasteiger partial charge on any atom is 0.737 e. The zero-order valence-corrected chi connectivity index (χ0v) is 17.1. The number of hydrogen-bond donors (Lipinski definition) is 0. The second-order valence-corrected chi connectivity index (χ2v) is 8.21. The number of benzene rings is 1. The van der Waals surface area contributed by atoms with Crippen LogP contribution in [0.15, 0.2) is 46.1 Å². The molecule has 2 nitrogen and oxygen atoms in total. The molecule has 0 amide bonds. The van der Waals surface area contributed by atoms with E-state index in [1.165, 1.54) is 8.96 Å². The van der Waals surface area contributed by atoms with Crippen molar-refractivity contribution in [2.24, 2.45) is 0 Å². The summed E-state index contributed by atoms with van der Waals surface area (Å²) in [6, 6.07) is 7.89. The lowest BCUT2D eigenvalue weighted by Gasteiger charge is -2.34. The second kappa shape index (κ2) is 5.52. The van der Waals surface area contributed by atoms with Crippen LogP contribution in [-0.2, 0) is 0 Å². The molecule has 0 fully saturated rings. The zero-order chi connectivity index (χ0) is 19.0. The predicted molar refractivity (Wildman–Crippen MR) is 107 cm³/mol. The van der Waals surface area contributed by atoms with Crippen molar-refractivity contribution >= 4 is 34.2 Å². The van der Waals surface area contributed by atoms with Gasteiger partial charge in [-0.15, -0.1) is 0 Å². The summed E-state index contributed by atoms with van der Waals surface area (Å²) >= 11 is 3.54. The smallest absolute Gasteiger partial charge is 0.393 e. The van der Waals surface area contributed by atoms with Gasteiger partial charge in [0.1, 0.15) is 5.71 Å². The molecule has 3 heterocycles. The van der Waals surface area contributed by atoms with E-state index in [9.17, 15) is 0 Å². The fourth-order valence-corrected chi connectivity index (χ4v) is 4.78. The Labute approximate surface area is 160 Å². The Hall–Kier alpha value is -1.95. The second-order valence-electron chi connectivity index (χ2n) is 7.30. The summed E-state index contributed by atoms with van der Waals surface area (Å²) in [5.41, 5.74) is 7.11. The van der Waals surface area contributed by atoms with Gasteiger partial charge in [-0.2, -0.15) is 0 Å². The van der Waals surface area contributed by atoms with Crippen molar-refractivity contribution in [1.29, 1.82) is 0 Å². The third kappa shape index (κ3) is 2.17. The minimum absolute atomic E-state index is 0.587. The van der Waals surface area contributed by atoms with E-state index in [-0.39, 0.29) is 0 Å². The number of allylic oxidation sites excluding steroid dienone is 2. The van der Waals surface area contributed by atoms with Gasteiger partial charge in [0, 0.05) is 28.7 Å². The van der Waals surface area contributed by atoms with Crippen LogP contribution in [0.1, 0.15) is 41.9 Å². The van der Waals surface area contributed by atoms with Crippen LogP contribution in [0, 0.1) is 20.8 Å². The molecule has 26 heavy (non-hydrogen) atoms. The molecule has 0 radical (unpaired) electrons. The first kappa shape index (κ1) is 17.5. The molecule has 2 aliphatic heterocycles. The molecule has 2 aromatic rings. The average Bonchev–Trinajstić information content (AvgIpc) is 3.00. The van der Waals surface area contributed by atoms with Gasteiger partial charge in [0.25, 0.3) is 0 Å². The van der Waals surface area contributed by atoms with Gasteiger partial charge in [0.05, 0.1) is 5.57 Å². The van der Waals surface area contributed by atoms with Crippen molar-refractivity contribution in [3.63, 3.8) is 0 Å². The van der Waals surface area contributed by atoms with Gasteiger partial charge in [-0.25, -0.2) is 0 Å². The Morgan fingerprint density at radius 2 is 1.69 bits per heavy atom. The number of rotatable bonds is 1. The molecule has 6 heteroatoms. The minimum atomic E-state index is -3.92. The molecular formula is C20H20BBrF2N2. The average molecular weight is 417 g/mol. The number of fused-ring (bicyclic) bond motifs is 2. The van der Waals surface area contributed by atoms with Gasteiger partial charge in [-0.3, -0.25) is 0 Å². The quantitative estimate of drug-likeness (QED) is 0.534. The number of nitrogens with zero attached hydrogens (tertiary/aromatic N) is 2. The molecule has 0 N–H and O–H groups in total. The fourth-order valence-electron chi connectivity index (χ4n) is 4.42. The topological polar surface area (TPSA) is 7.94 Å². The van der Waals surface area contributed by atoms with Crippen LogP contribution in [0.3, 0.4) is 0 Å². The Kier molecular flexibility index (Phi) is 3.71. The molecule has 0 spiro atoms. The lowest BCUT2D eigenvalue weighted by atomic mass is 9.83. The monoisotopic (exact) mass is 416 g/mol. The SMILES string of the molecule is CC1=CC(C)=[N+]2C1=C(c1cc(Br)ccc1C)c1c(C)cc(C)n1[B-]2(F)F. The van der Waals surface area contributed by atoms with Crippen LogP contribution >= 0.6 is 15.9 Å². The van der Waals surface area contributed by atoms with Crippen LogP contribution in [0.2, 0.25) is 0 Å². The molecule has 2 aliphatic rings. The van der Waals surface area contributed by atoms with Crippen LogP contribution in [0.25, 0.3) is 5.57 Å². The van der Waals surface area contributed by atoms with Gasteiger partial charge in [0.2, 0.25) is 0 Å². The molecule has 134 valence electrons. The van der Waals surface area contributed by atoms with Crippen molar-refractivity contribution in [2.45, 2.75) is 34.6 Å². The lowest BCUT2D eigenvalue weighted by molar-refractivity contribution is -0.363. The van der Waals surface area contributed by atoms with Gasteiger partial charge in [-0.05, 0) is 68.3 Å². The number of hydrogen-bond acceptors (Lipinski definition) is 0. The highest BCUT2D eigenvalue weighted by Gasteiger charge is 2.55. The van der Waals surface area contributed by atoms with Crippen LogP contribution in [0.4, 0.5) is 8.63 Å². The molecule has 4 rings (SSSR count). The Morgan fingerprint density at radius 3 is 2.38 bits per heavy atom. The van der Waals surface area contributed by atoms with Gasteiger partial charge < -0.3 is 17.6 Å². The summed E-state index contributed by atoms with van der Waals surface area (Å²) in [6.45, 7) is 5.45. The van der Waals surface area contributed by atoms with Crippen molar-refractivity contribution < 1.29 is 13.1 Å². The van der Waals surface area contributed by atoms with Crippen molar-refractivity contribution in [3.05, 3.63) is 74.2 Å². The summed E-state index contributed by atoms with van der Waals surface area (Å²) in [6.07, 6.45) is 1.86. The highest BCUT2D eigenvalue weighted by atomic mass is 79.9. The van der Waals surface area contributed by atoms with E-state index in [1.54, 1.807) is 13.8 Å². The summed E-state index contributed by atoms with van der Waals surface area (Å²) in [5.74, 6) is 0. The summed E-state index contributed by atoms with van der Waals surface area (Å²) in [7, 11) is 0. The third-order valence-corrected chi connectivity index (χ3v) is 5.90. The molecule has 0 saturated carbocycles. The van der Waals surface area contributed by atoms with Gasteiger partial charge >= 0.3 is 6.97 Å². The number of aromatic nitrogens is 1. The standard InChI is InChI=1S/C20H20BBrF2N2/c1-11-6-7-16(22)10-17(11)18-19-12(2)8-14(4)25(19)21(23,24)26-15(5)9-13(3)20(18)26/h6-10H,1-5H3. The molecule has 0 saturated heterocycles. The lowest BCUT2D eigenvalue weighted by Crippen LogP contribution is -2.51. The van der Waals surface area contributed by atoms with E-state index in [4.69, 9.17) is 0 Å². The molecule has 0 bridgehead atoms. The normalized spacial score (nSPS) is 18.2. The number of aryl methyl sites for hydroxylation is 3.